The van der Waals surface area contributed by atoms with E-state index in [1.807, 2.05) is 35.9 Å². The molecule has 1 amide bonds. The van der Waals surface area contributed by atoms with Crippen molar-refractivity contribution in [3.63, 3.8) is 0 Å². The van der Waals surface area contributed by atoms with Gasteiger partial charge >= 0.3 is 5.63 Å². The van der Waals surface area contributed by atoms with Crippen LogP contribution in [0.2, 0.25) is 0 Å². The van der Waals surface area contributed by atoms with Crippen molar-refractivity contribution >= 4 is 16.9 Å². The summed E-state index contributed by atoms with van der Waals surface area (Å²) in [7, 11) is 0. The van der Waals surface area contributed by atoms with Crippen LogP contribution in [0.5, 0.6) is 0 Å². The van der Waals surface area contributed by atoms with Crippen LogP contribution in [0, 0.1) is 6.92 Å². The Morgan fingerprint density at radius 2 is 2.21 bits per heavy atom. The molecule has 0 saturated carbocycles. The number of carbonyl (C=O) groups excluding carboxylic acids is 1. The van der Waals surface area contributed by atoms with Gasteiger partial charge in [0, 0.05) is 36.9 Å². The molecule has 0 aliphatic heterocycles. The normalized spacial score (nSPS) is 10.9. The van der Waals surface area contributed by atoms with Gasteiger partial charge in [-0.25, -0.2) is 9.78 Å². The quantitative estimate of drug-likeness (QED) is 0.556. The number of carbonyl (C=O) groups is 1. The molecule has 0 unspecified atom stereocenters. The minimum absolute atomic E-state index is 0.104. The Morgan fingerprint density at radius 3 is 3.00 bits per heavy atom. The van der Waals surface area contributed by atoms with Crippen LogP contribution < -0.4 is 10.9 Å². The molecule has 0 saturated heterocycles. The lowest BCUT2D eigenvalue weighted by Crippen LogP contribution is -2.27. The topological polar surface area (TPSA) is 77.1 Å². The Bertz CT molecular complexity index is 898. The number of nitrogens with zero attached hydrogens (tertiary/aromatic N) is 2. The lowest BCUT2D eigenvalue weighted by molar-refractivity contribution is -0.120. The first kappa shape index (κ1) is 16.0. The van der Waals surface area contributed by atoms with Crippen molar-refractivity contribution in [2.45, 2.75) is 26.3 Å². The molecule has 1 aromatic carbocycles. The molecule has 0 spiro atoms. The zero-order valence-corrected chi connectivity index (χ0v) is 13.5. The van der Waals surface area contributed by atoms with E-state index in [1.165, 1.54) is 6.07 Å². The lowest BCUT2D eigenvalue weighted by atomic mass is 10.1. The molecule has 0 fully saturated rings. The molecule has 0 atom stereocenters. The maximum absolute atomic E-state index is 12.1. The van der Waals surface area contributed by atoms with Gasteiger partial charge in [0.15, 0.2) is 0 Å². The summed E-state index contributed by atoms with van der Waals surface area (Å²) in [6.07, 6.45) is 6.35. The van der Waals surface area contributed by atoms with Crippen LogP contribution in [0.15, 0.2) is 52.2 Å². The van der Waals surface area contributed by atoms with E-state index in [1.54, 1.807) is 12.5 Å². The number of fused-ring (bicyclic) bond motifs is 1. The Kier molecular flexibility index (Phi) is 4.74. The molecule has 3 rings (SSSR count). The second-order valence-corrected chi connectivity index (χ2v) is 5.77. The first-order valence-corrected chi connectivity index (χ1v) is 7.87. The third-order valence-corrected chi connectivity index (χ3v) is 3.81. The number of amides is 1. The van der Waals surface area contributed by atoms with Gasteiger partial charge in [-0.05, 0) is 30.5 Å². The average molecular weight is 325 g/mol. The Morgan fingerprint density at radius 1 is 1.33 bits per heavy atom. The van der Waals surface area contributed by atoms with Gasteiger partial charge in [-0.3, -0.25) is 4.79 Å². The molecule has 6 nitrogen and oxygen atoms in total. The molecule has 124 valence electrons. The van der Waals surface area contributed by atoms with Gasteiger partial charge in [-0.15, -0.1) is 0 Å². The third kappa shape index (κ3) is 3.90. The summed E-state index contributed by atoms with van der Waals surface area (Å²) in [6, 6.07) is 7.02. The number of rotatable bonds is 6. The maximum Gasteiger partial charge on any atom is 0.336 e. The molecule has 0 bridgehead atoms. The van der Waals surface area contributed by atoms with Crippen LogP contribution in [0.3, 0.4) is 0 Å². The van der Waals surface area contributed by atoms with Gasteiger partial charge < -0.3 is 14.3 Å². The second-order valence-electron chi connectivity index (χ2n) is 5.77. The van der Waals surface area contributed by atoms with Crippen molar-refractivity contribution in [1.82, 2.24) is 14.9 Å². The minimum Gasteiger partial charge on any atom is -0.423 e. The second kappa shape index (κ2) is 7.12. The first-order valence-electron chi connectivity index (χ1n) is 7.87. The summed E-state index contributed by atoms with van der Waals surface area (Å²) >= 11 is 0. The van der Waals surface area contributed by atoms with Crippen molar-refractivity contribution < 1.29 is 9.21 Å². The molecule has 0 radical (unpaired) electrons. The molecule has 0 aliphatic rings. The number of hydrogen-bond acceptors (Lipinski definition) is 4. The molecular formula is C18H19N3O3. The number of aryl methyl sites for hydroxylation is 2. The number of aromatic nitrogens is 2. The van der Waals surface area contributed by atoms with Crippen molar-refractivity contribution in [1.29, 1.82) is 0 Å². The fourth-order valence-corrected chi connectivity index (χ4v) is 2.63. The van der Waals surface area contributed by atoms with E-state index in [9.17, 15) is 9.59 Å². The van der Waals surface area contributed by atoms with Gasteiger partial charge in [0.25, 0.3) is 0 Å². The maximum atomic E-state index is 12.1. The average Bonchev–Trinajstić information content (AvgIpc) is 3.04. The standard InChI is InChI=1S/C18H19N3O3/c1-13-3-4-15-14(11-18(23)24-16(15)9-13)10-17(22)20-5-2-7-21-8-6-19-12-21/h3-4,6,8-9,11-12H,2,5,7,10H2,1H3,(H,20,22). The number of nitrogens with one attached hydrogen (secondary N) is 1. The van der Waals surface area contributed by atoms with Crippen LogP contribution >= 0.6 is 0 Å². The summed E-state index contributed by atoms with van der Waals surface area (Å²) in [6.45, 7) is 3.31. The van der Waals surface area contributed by atoms with Gasteiger partial charge in [-0.2, -0.15) is 0 Å². The Labute approximate surface area is 139 Å². The highest BCUT2D eigenvalue weighted by atomic mass is 16.4. The number of hydrogen-bond donors (Lipinski definition) is 1. The van der Waals surface area contributed by atoms with E-state index in [0.29, 0.717) is 17.7 Å². The van der Waals surface area contributed by atoms with Crippen molar-refractivity contribution in [3.05, 3.63) is 64.5 Å². The highest BCUT2D eigenvalue weighted by Crippen LogP contribution is 2.18. The molecule has 6 heteroatoms. The van der Waals surface area contributed by atoms with E-state index < -0.39 is 5.63 Å². The zero-order chi connectivity index (χ0) is 16.9. The van der Waals surface area contributed by atoms with Crippen molar-refractivity contribution in [2.24, 2.45) is 0 Å². The molecule has 2 heterocycles. The van der Waals surface area contributed by atoms with E-state index in [0.717, 1.165) is 23.9 Å². The predicted molar refractivity (Wildman–Crippen MR) is 90.8 cm³/mol. The van der Waals surface area contributed by atoms with Crippen LogP contribution in [-0.2, 0) is 17.8 Å². The monoisotopic (exact) mass is 325 g/mol. The van der Waals surface area contributed by atoms with E-state index in [2.05, 4.69) is 10.3 Å². The summed E-state index contributed by atoms with van der Waals surface area (Å²) in [5, 5.41) is 3.68. The van der Waals surface area contributed by atoms with Crippen LogP contribution in [0.25, 0.3) is 11.0 Å². The van der Waals surface area contributed by atoms with Gasteiger partial charge in [0.1, 0.15) is 5.58 Å². The zero-order valence-electron chi connectivity index (χ0n) is 13.5. The highest BCUT2D eigenvalue weighted by molar-refractivity contribution is 5.87. The fraction of sp³-hybridized carbons (Fsp3) is 0.278. The van der Waals surface area contributed by atoms with Gasteiger partial charge in [0.05, 0.1) is 12.7 Å². The molecule has 1 N–H and O–H groups in total. The SMILES string of the molecule is Cc1ccc2c(CC(=O)NCCCn3ccnc3)cc(=O)oc2c1. The molecular weight excluding hydrogens is 306 g/mol. The van der Waals surface area contributed by atoms with Crippen LogP contribution in [-0.4, -0.2) is 22.0 Å². The number of benzene rings is 1. The van der Waals surface area contributed by atoms with E-state index in [4.69, 9.17) is 4.42 Å². The first-order chi connectivity index (χ1) is 11.6. The predicted octanol–water partition coefficient (Wildman–Crippen LogP) is 2.05. The van der Waals surface area contributed by atoms with Gasteiger partial charge in [0.2, 0.25) is 5.91 Å². The Hall–Kier alpha value is -2.89. The summed E-state index contributed by atoms with van der Waals surface area (Å²) in [5.74, 6) is -0.104. The largest absolute Gasteiger partial charge is 0.423 e. The van der Waals surface area contributed by atoms with Crippen LogP contribution in [0.4, 0.5) is 0 Å². The Balaban J connectivity index is 1.61. The third-order valence-electron chi connectivity index (χ3n) is 3.81. The van der Waals surface area contributed by atoms with Gasteiger partial charge in [-0.1, -0.05) is 12.1 Å². The summed E-state index contributed by atoms with van der Waals surface area (Å²) in [5.41, 5.74) is 1.78. The molecule has 24 heavy (non-hydrogen) atoms. The summed E-state index contributed by atoms with van der Waals surface area (Å²) < 4.78 is 7.17. The molecule has 2 aromatic heterocycles. The van der Waals surface area contributed by atoms with E-state index in [-0.39, 0.29) is 12.3 Å². The summed E-state index contributed by atoms with van der Waals surface area (Å²) in [4.78, 5) is 27.8. The fourth-order valence-electron chi connectivity index (χ4n) is 2.63. The van der Waals surface area contributed by atoms with Crippen LogP contribution in [0.1, 0.15) is 17.5 Å². The lowest BCUT2D eigenvalue weighted by Gasteiger charge is -2.08. The molecule has 0 aliphatic carbocycles. The highest BCUT2D eigenvalue weighted by Gasteiger charge is 2.10. The van der Waals surface area contributed by atoms with Crippen molar-refractivity contribution in [2.75, 3.05) is 6.54 Å². The van der Waals surface area contributed by atoms with E-state index >= 15 is 0 Å². The number of imidazole rings is 1. The minimum atomic E-state index is -0.434. The smallest absolute Gasteiger partial charge is 0.336 e. The van der Waals surface area contributed by atoms with Crippen molar-refractivity contribution in [3.8, 4) is 0 Å². The molecule has 3 aromatic rings.